The van der Waals surface area contributed by atoms with Crippen LogP contribution in [0.5, 0.6) is 11.5 Å². The minimum absolute atomic E-state index is 0.601. The fourth-order valence-corrected chi connectivity index (χ4v) is 4.16. The Morgan fingerprint density at radius 2 is 1.76 bits per heavy atom. The van der Waals surface area contributed by atoms with E-state index in [0.717, 1.165) is 43.0 Å². The van der Waals surface area contributed by atoms with Crippen LogP contribution in [0.3, 0.4) is 0 Å². The quantitative estimate of drug-likeness (QED) is 0.478. The van der Waals surface area contributed by atoms with Crippen LogP contribution in [0, 0.1) is 6.92 Å². The Morgan fingerprint density at radius 3 is 2.52 bits per heavy atom. The minimum atomic E-state index is 0.601. The number of aromatic nitrogens is 2. The second kappa shape index (κ2) is 6.17. The maximum Gasteiger partial charge on any atom is 0.137 e. The van der Waals surface area contributed by atoms with Crippen molar-refractivity contribution in [1.82, 2.24) is 9.97 Å². The SMILES string of the molecule is COc1cnc2c(Cl)cc(-c3nc4c(C)cc(OC)cc4s3)cc2c1. The molecule has 25 heavy (non-hydrogen) atoms. The van der Waals surface area contributed by atoms with Crippen LogP contribution in [-0.4, -0.2) is 24.2 Å². The van der Waals surface area contributed by atoms with Crippen LogP contribution >= 0.6 is 22.9 Å². The van der Waals surface area contributed by atoms with Crippen molar-refractivity contribution in [2.24, 2.45) is 0 Å². The van der Waals surface area contributed by atoms with Crippen LogP contribution < -0.4 is 9.47 Å². The Kier molecular flexibility index (Phi) is 3.98. The predicted molar refractivity (Wildman–Crippen MR) is 103 cm³/mol. The molecule has 0 saturated carbocycles. The number of halogens is 1. The molecule has 4 nitrogen and oxygen atoms in total. The maximum absolute atomic E-state index is 6.44. The molecule has 0 saturated heterocycles. The lowest BCUT2D eigenvalue weighted by molar-refractivity contribution is 0.414. The Morgan fingerprint density at radius 1 is 0.960 bits per heavy atom. The molecule has 0 aliphatic rings. The number of ether oxygens (including phenoxy) is 2. The van der Waals surface area contributed by atoms with E-state index in [9.17, 15) is 0 Å². The van der Waals surface area contributed by atoms with Gasteiger partial charge in [0.1, 0.15) is 16.5 Å². The van der Waals surface area contributed by atoms with Gasteiger partial charge in [-0.15, -0.1) is 11.3 Å². The van der Waals surface area contributed by atoms with Crippen molar-refractivity contribution < 1.29 is 9.47 Å². The average molecular weight is 371 g/mol. The molecular weight excluding hydrogens is 356 g/mol. The van der Waals surface area contributed by atoms with Crippen LogP contribution in [0.2, 0.25) is 5.02 Å². The zero-order chi connectivity index (χ0) is 17.6. The second-order valence-corrected chi connectivity index (χ2v) is 7.15. The van der Waals surface area contributed by atoms with Gasteiger partial charge in [0.05, 0.1) is 41.2 Å². The molecule has 0 unspecified atom stereocenters. The summed E-state index contributed by atoms with van der Waals surface area (Å²) in [5.41, 5.74) is 3.80. The summed E-state index contributed by atoms with van der Waals surface area (Å²) in [5.74, 6) is 1.54. The first-order valence-corrected chi connectivity index (χ1v) is 8.87. The van der Waals surface area contributed by atoms with E-state index in [1.807, 2.05) is 37.3 Å². The van der Waals surface area contributed by atoms with Crippen LogP contribution in [0.4, 0.5) is 0 Å². The van der Waals surface area contributed by atoms with Crippen LogP contribution in [-0.2, 0) is 0 Å². The highest BCUT2D eigenvalue weighted by molar-refractivity contribution is 7.21. The monoisotopic (exact) mass is 370 g/mol. The number of aryl methyl sites for hydroxylation is 1. The van der Waals surface area contributed by atoms with Crippen LogP contribution in [0.25, 0.3) is 31.7 Å². The molecule has 0 spiro atoms. The number of rotatable bonds is 3. The molecule has 4 rings (SSSR count). The van der Waals surface area contributed by atoms with Crippen LogP contribution in [0.1, 0.15) is 5.56 Å². The van der Waals surface area contributed by atoms with Crippen molar-refractivity contribution >= 4 is 44.1 Å². The van der Waals surface area contributed by atoms with Crippen molar-refractivity contribution in [3.05, 3.63) is 47.1 Å². The second-order valence-electron chi connectivity index (χ2n) is 5.71. The van der Waals surface area contributed by atoms with Gasteiger partial charge < -0.3 is 9.47 Å². The summed E-state index contributed by atoms with van der Waals surface area (Å²) in [4.78, 5) is 9.18. The number of nitrogens with zero attached hydrogens (tertiary/aromatic N) is 2. The van der Waals surface area contributed by atoms with E-state index in [0.29, 0.717) is 10.8 Å². The number of hydrogen-bond acceptors (Lipinski definition) is 5. The molecule has 2 aromatic heterocycles. The van der Waals surface area contributed by atoms with Gasteiger partial charge in [0, 0.05) is 10.9 Å². The van der Waals surface area contributed by atoms with Gasteiger partial charge in [-0.2, -0.15) is 0 Å². The van der Waals surface area contributed by atoms with Gasteiger partial charge >= 0.3 is 0 Å². The number of hydrogen-bond donors (Lipinski definition) is 0. The molecule has 0 aliphatic heterocycles. The Bertz CT molecular complexity index is 1110. The first kappa shape index (κ1) is 16.1. The molecular formula is C19H15ClN2O2S. The maximum atomic E-state index is 6.44. The summed E-state index contributed by atoms with van der Waals surface area (Å²) in [6, 6.07) is 9.89. The molecule has 4 aromatic rings. The Balaban J connectivity index is 1.91. The number of thiazole rings is 1. The number of methoxy groups -OCH3 is 2. The highest BCUT2D eigenvalue weighted by atomic mass is 35.5. The largest absolute Gasteiger partial charge is 0.497 e. The molecule has 0 amide bonds. The Labute approximate surface area is 154 Å². The highest BCUT2D eigenvalue weighted by Crippen LogP contribution is 2.37. The third kappa shape index (κ3) is 2.79. The summed E-state index contributed by atoms with van der Waals surface area (Å²) in [6.45, 7) is 2.04. The van der Waals surface area contributed by atoms with Gasteiger partial charge in [0.2, 0.25) is 0 Å². The summed E-state index contributed by atoms with van der Waals surface area (Å²) < 4.78 is 11.7. The van der Waals surface area contributed by atoms with Crippen molar-refractivity contribution in [2.45, 2.75) is 6.92 Å². The molecule has 0 radical (unpaired) electrons. The molecule has 6 heteroatoms. The van der Waals surface area contributed by atoms with Crippen molar-refractivity contribution in [3.8, 4) is 22.1 Å². The summed E-state index contributed by atoms with van der Waals surface area (Å²) in [5, 5.41) is 2.44. The average Bonchev–Trinajstić information content (AvgIpc) is 3.05. The first-order valence-electron chi connectivity index (χ1n) is 7.68. The van der Waals surface area contributed by atoms with E-state index < -0.39 is 0 Å². The van der Waals surface area contributed by atoms with Crippen LogP contribution in [0.15, 0.2) is 36.5 Å². The van der Waals surface area contributed by atoms with Crippen molar-refractivity contribution in [2.75, 3.05) is 14.2 Å². The van der Waals surface area contributed by atoms with E-state index >= 15 is 0 Å². The molecule has 2 heterocycles. The molecule has 126 valence electrons. The number of benzene rings is 2. The van der Waals surface area contributed by atoms with E-state index in [-0.39, 0.29) is 0 Å². The normalized spacial score (nSPS) is 11.2. The molecule has 2 aromatic carbocycles. The van der Waals surface area contributed by atoms with Gasteiger partial charge in [-0.3, -0.25) is 4.98 Å². The first-order chi connectivity index (χ1) is 12.1. The van der Waals surface area contributed by atoms with Gasteiger partial charge in [0.25, 0.3) is 0 Å². The lowest BCUT2D eigenvalue weighted by Gasteiger charge is -2.05. The Hall–Kier alpha value is -2.37. The zero-order valence-corrected chi connectivity index (χ0v) is 15.5. The summed E-state index contributed by atoms with van der Waals surface area (Å²) in [6.07, 6.45) is 1.67. The number of fused-ring (bicyclic) bond motifs is 2. The van der Waals surface area contributed by atoms with Gasteiger partial charge in [0.15, 0.2) is 0 Å². The molecule has 0 bridgehead atoms. The van der Waals surface area contributed by atoms with Gasteiger partial charge in [-0.05, 0) is 42.8 Å². The minimum Gasteiger partial charge on any atom is -0.497 e. The smallest absolute Gasteiger partial charge is 0.137 e. The van der Waals surface area contributed by atoms with E-state index in [4.69, 9.17) is 26.1 Å². The summed E-state index contributed by atoms with van der Waals surface area (Å²) in [7, 11) is 3.30. The third-order valence-corrected chi connectivity index (χ3v) is 5.43. The molecule has 0 fully saturated rings. The number of pyridine rings is 1. The van der Waals surface area contributed by atoms with Crippen molar-refractivity contribution in [3.63, 3.8) is 0 Å². The van der Waals surface area contributed by atoms with Gasteiger partial charge in [-0.25, -0.2) is 4.98 Å². The lowest BCUT2D eigenvalue weighted by Crippen LogP contribution is -1.87. The van der Waals surface area contributed by atoms with E-state index in [1.165, 1.54) is 0 Å². The van der Waals surface area contributed by atoms with E-state index in [2.05, 4.69) is 4.98 Å². The molecule has 0 atom stereocenters. The summed E-state index contributed by atoms with van der Waals surface area (Å²) >= 11 is 8.06. The standard InChI is InChI=1S/C19H15ClN2O2S/c1-10-4-13(23-2)8-16-17(10)22-19(25-16)12-5-11-6-14(24-3)9-21-18(11)15(20)7-12/h4-9H,1-3H3. The highest BCUT2D eigenvalue weighted by Gasteiger charge is 2.13. The van der Waals surface area contributed by atoms with Gasteiger partial charge in [-0.1, -0.05) is 11.6 Å². The fraction of sp³-hybridized carbons (Fsp3) is 0.158. The molecule has 0 aliphatic carbocycles. The third-order valence-electron chi connectivity index (χ3n) is 4.09. The van der Waals surface area contributed by atoms with E-state index in [1.54, 1.807) is 31.8 Å². The molecule has 0 N–H and O–H groups in total. The topological polar surface area (TPSA) is 44.2 Å². The predicted octanol–water partition coefficient (Wildman–Crippen LogP) is 5.49. The zero-order valence-electron chi connectivity index (χ0n) is 14.0. The van der Waals surface area contributed by atoms with Crippen molar-refractivity contribution in [1.29, 1.82) is 0 Å². The lowest BCUT2D eigenvalue weighted by atomic mass is 10.1. The fourth-order valence-electron chi connectivity index (χ4n) is 2.83.